The molecule has 1 atom stereocenters. The first-order valence-corrected chi connectivity index (χ1v) is 6.83. The number of nitrogens with zero attached hydrogens (tertiary/aromatic N) is 2. The van der Waals surface area contributed by atoms with Crippen LogP contribution in [0.1, 0.15) is 31.7 Å². The van der Waals surface area contributed by atoms with Gasteiger partial charge >= 0.3 is 0 Å². The van der Waals surface area contributed by atoms with Crippen LogP contribution in [0.2, 0.25) is 0 Å². The maximum atomic E-state index is 5.74. The molecule has 0 fully saturated rings. The molecule has 0 radical (unpaired) electrons. The summed E-state index contributed by atoms with van der Waals surface area (Å²) in [6.07, 6.45) is 1.05. The summed E-state index contributed by atoms with van der Waals surface area (Å²) in [7, 11) is 4.39. The van der Waals surface area contributed by atoms with Crippen LogP contribution in [-0.2, 0) is 0 Å². The molecule has 1 aromatic rings. The number of nitrogens with two attached hydrogens (primary N) is 1. The highest BCUT2D eigenvalue weighted by atomic mass is 15.3. The lowest BCUT2D eigenvalue weighted by atomic mass is 9.95. The average Bonchev–Trinajstić information content (AvgIpc) is 2.35. The molecule has 0 amide bonds. The Kier molecular flexibility index (Phi) is 3.81. The van der Waals surface area contributed by atoms with Gasteiger partial charge in [0.2, 0.25) is 0 Å². The molecule has 18 heavy (non-hydrogen) atoms. The summed E-state index contributed by atoms with van der Waals surface area (Å²) < 4.78 is 0. The van der Waals surface area contributed by atoms with Gasteiger partial charge in [0.25, 0.3) is 0 Å². The molecule has 100 valence electrons. The monoisotopic (exact) mass is 247 g/mol. The lowest BCUT2D eigenvalue weighted by Crippen LogP contribution is -2.47. The summed E-state index contributed by atoms with van der Waals surface area (Å²) in [6, 6.07) is 7.16. The molecule has 0 aromatic heterocycles. The summed E-state index contributed by atoms with van der Waals surface area (Å²) in [6.45, 7) is 6.33. The molecular weight excluding hydrogens is 222 g/mol. The smallest absolute Gasteiger partial charge is 0.0639 e. The Bertz CT molecular complexity index is 400. The molecule has 0 saturated carbocycles. The number of rotatable bonds is 3. The zero-order valence-electron chi connectivity index (χ0n) is 12.0. The van der Waals surface area contributed by atoms with Gasteiger partial charge in [-0.05, 0) is 30.5 Å². The zero-order chi connectivity index (χ0) is 13.3. The molecule has 1 aromatic carbocycles. The van der Waals surface area contributed by atoms with Crippen molar-refractivity contribution in [3.63, 3.8) is 0 Å². The summed E-state index contributed by atoms with van der Waals surface area (Å²) in [5.74, 6) is 0.549. The van der Waals surface area contributed by atoms with Crippen molar-refractivity contribution in [2.75, 3.05) is 37.0 Å². The fourth-order valence-corrected chi connectivity index (χ4v) is 2.90. The molecule has 0 saturated heterocycles. The van der Waals surface area contributed by atoms with Crippen molar-refractivity contribution < 1.29 is 0 Å². The van der Waals surface area contributed by atoms with E-state index in [0.29, 0.717) is 12.0 Å². The number of anilines is 2. The number of benzene rings is 1. The van der Waals surface area contributed by atoms with Crippen molar-refractivity contribution in [3.05, 3.63) is 23.8 Å². The van der Waals surface area contributed by atoms with Crippen molar-refractivity contribution in [2.24, 2.45) is 5.73 Å². The number of hydrogen-bond donors (Lipinski definition) is 1. The summed E-state index contributed by atoms with van der Waals surface area (Å²) >= 11 is 0. The van der Waals surface area contributed by atoms with Gasteiger partial charge in [-0.1, -0.05) is 26.0 Å². The van der Waals surface area contributed by atoms with Crippen LogP contribution in [0.25, 0.3) is 0 Å². The Morgan fingerprint density at radius 1 is 1.33 bits per heavy atom. The minimum atomic E-state index is 0.521. The summed E-state index contributed by atoms with van der Waals surface area (Å²) in [5.41, 5.74) is 9.91. The highest BCUT2D eigenvalue weighted by Crippen LogP contribution is 2.40. The molecule has 0 spiro atoms. The van der Waals surface area contributed by atoms with E-state index in [0.717, 1.165) is 19.5 Å². The van der Waals surface area contributed by atoms with E-state index in [9.17, 15) is 0 Å². The zero-order valence-corrected chi connectivity index (χ0v) is 12.0. The largest absolute Gasteiger partial charge is 0.371 e. The van der Waals surface area contributed by atoms with Gasteiger partial charge in [0, 0.05) is 26.7 Å². The quantitative estimate of drug-likeness (QED) is 0.890. The van der Waals surface area contributed by atoms with Crippen molar-refractivity contribution in [2.45, 2.75) is 32.2 Å². The van der Waals surface area contributed by atoms with Crippen molar-refractivity contribution in [1.82, 2.24) is 0 Å². The van der Waals surface area contributed by atoms with E-state index in [1.807, 2.05) is 0 Å². The van der Waals surface area contributed by atoms with Gasteiger partial charge in [-0.25, -0.2) is 0 Å². The summed E-state index contributed by atoms with van der Waals surface area (Å²) in [5, 5.41) is 0. The number of fused-ring (bicyclic) bond motifs is 1. The molecule has 2 rings (SSSR count). The van der Waals surface area contributed by atoms with E-state index in [2.05, 4.69) is 55.9 Å². The molecule has 2 N–H and O–H groups in total. The number of para-hydroxylation sites is 1. The van der Waals surface area contributed by atoms with E-state index in [1.165, 1.54) is 16.9 Å². The molecule has 1 heterocycles. The second kappa shape index (κ2) is 5.19. The van der Waals surface area contributed by atoms with Crippen LogP contribution in [0.3, 0.4) is 0 Å². The molecule has 3 heteroatoms. The molecule has 0 bridgehead atoms. The lowest BCUT2D eigenvalue weighted by Gasteiger charge is -2.43. The van der Waals surface area contributed by atoms with E-state index < -0.39 is 0 Å². The topological polar surface area (TPSA) is 32.5 Å². The Labute approximate surface area is 111 Å². The third kappa shape index (κ3) is 2.19. The molecular formula is C15H25N3. The molecule has 1 aliphatic rings. The standard InChI is InChI=1S/C15H25N3/c1-11(2)13-6-5-7-14-15(13)18(4)12(8-9-16)10-17(14)3/h5-7,11-12H,8-10,16H2,1-4H3. The Balaban J connectivity index is 2.46. The van der Waals surface area contributed by atoms with Crippen molar-refractivity contribution >= 4 is 11.4 Å². The Hall–Kier alpha value is -1.22. The highest BCUT2D eigenvalue weighted by molar-refractivity contribution is 5.77. The maximum Gasteiger partial charge on any atom is 0.0639 e. The van der Waals surface area contributed by atoms with Gasteiger partial charge in [-0.15, -0.1) is 0 Å². The van der Waals surface area contributed by atoms with Gasteiger partial charge in [0.1, 0.15) is 0 Å². The number of likely N-dealkylation sites (N-methyl/N-ethyl adjacent to an activating group) is 2. The molecule has 3 nitrogen and oxygen atoms in total. The second-order valence-corrected chi connectivity index (χ2v) is 5.59. The third-order valence-electron chi connectivity index (χ3n) is 3.96. The van der Waals surface area contributed by atoms with Crippen LogP contribution < -0.4 is 15.5 Å². The second-order valence-electron chi connectivity index (χ2n) is 5.59. The minimum Gasteiger partial charge on any atom is -0.371 e. The van der Waals surface area contributed by atoms with Gasteiger partial charge in [-0.2, -0.15) is 0 Å². The van der Waals surface area contributed by atoms with Crippen LogP contribution in [0, 0.1) is 0 Å². The first-order chi connectivity index (χ1) is 8.56. The van der Waals surface area contributed by atoms with Crippen molar-refractivity contribution in [3.8, 4) is 0 Å². The van der Waals surface area contributed by atoms with Crippen LogP contribution >= 0.6 is 0 Å². The minimum absolute atomic E-state index is 0.521. The maximum absolute atomic E-state index is 5.74. The molecule has 0 aliphatic carbocycles. The predicted molar refractivity (Wildman–Crippen MR) is 79.7 cm³/mol. The number of hydrogen-bond acceptors (Lipinski definition) is 3. The van der Waals surface area contributed by atoms with E-state index in [4.69, 9.17) is 5.73 Å². The van der Waals surface area contributed by atoms with Crippen LogP contribution in [0.4, 0.5) is 11.4 Å². The van der Waals surface area contributed by atoms with Gasteiger partial charge in [0.15, 0.2) is 0 Å². The fourth-order valence-electron chi connectivity index (χ4n) is 2.90. The predicted octanol–water partition coefficient (Wildman–Crippen LogP) is 2.41. The first-order valence-electron chi connectivity index (χ1n) is 6.83. The van der Waals surface area contributed by atoms with Gasteiger partial charge < -0.3 is 15.5 Å². The van der Waals surface area contributed by atoms with Crippen LogP contribution in [0.5, 0.6) is 0 Å². The van der Waals surface area contributed by atoms with Crippen molar-refractivity contribution in [1.29, 1.82) is 0 Å². The average molecular weight is 247 g/mol. The van der Waals surface area contributed by atoms with Crippen LogP contribution in [0.15, 0.2) is 18.2 Å². The lowest BCUT2D eigenvalue weighted by molar-refractivity contribution is 0.563. The SMILES string of the molecule is CC(C)c1cccc2c1N(C)C(CCN)CN2C. The molecule has 1 aliphatic heterocycles. The highest BCUT2D eigenvalue weighted by Gasteiger charge is 2.28. The fraction of sp³-hybridized carbons (Fsp3) is 0.600. The van der Waals surface area contributed by atoms with Crippen LogP contribution in [-0.4, -0.2) is 33.2 Å². The third-order valence-corrected chi connectivity index (χ3v) is 3.96. The van der Waals surface area contributed by atoms with E-state index >= 15 is 0 Å². The normalized spacial score (nSPS) is 19.3. The van der Waals surface area contributed by atoms with Gasteiger partial charge in [-0.3, -0.25) is 0 Å². The first kappa shape index (κ1) is 13.2. The van der Waals surface area contributed by atoms with E-state index in [-0.39, 0.29) is 0 Å². The molecule has 1 unspecified atom stereocenters. The Morgan fingerprint density at radius 2 is 2.06 bits per heavy atom. The van der Waals surface area contributed by atoms with E-state index in [1.54, 1.807) is 0 Å². The Morgan fingerprint density at radius 3 is 2.67 bits per heavy atom. The summed E-state index contributed by atoms with van der Waals surface area (Å²) in [4.78, 5) is 4.79. The van der Waals surface area contributed by atoms with Gasteiger partial charge in [0.05, 0.1) is 11.4 Å².